The van der Waals surface area contributed by atoms with Crippen LogP contribution in [-0.4, -0.2) is 30.1 Å². The summed E-state index contributed by atoms with van der Waals surface area (Å²) >= 11 is 6.06. The second kappa shape index (κ2) is 7.90. The predicted octanol–water partition coefficient (Wildman–Crippen LogP) is 5.46. The topological polar surface area (TPSA) is 12.5 Å². The molecule has 2 aliphatic rings. The summed E-state index contributed by atoms with van der Waals surface area (Å²) in [6.07, 6.45) is 6.88. The van der Waals surface area contributed by atoms with Crippen molar-refractivity contribution in [1.82, 2.24) is 4.90 Å². The zero-order valence-corrected chi connectivity index (χ0v) is 15.4. The molecule has 2 saturated heterocycles. The number of rotatable bonds is 6. The molecule has 2 nitrogen and oxygen atoms in total. The molecule has 3 heteroatoms. The van der Waals surface area contributed by atoms with Gasteiger partial charge in [-0.15, -0.1) is 0 Å². The summed E-state index contributed by atoms with van der Waals surface area (Å²) in [5.74, 6) is 0. The lowest BCUT2D eigenvalue weighted by Crippen LogP contribution is -2.41. The fraction of sp³-hybridized carbons (Fsp3) is 0.455. The molecule has 3 unspecified atom stereocenters. The van der Waals surface area contributed by atoms with Gasteiger partial charge in [0.15, 0.2) is 0 Å². The minimum Gasteiger partial charge on any atom is -0.367 e. The van der Waals surface area contributed by atoms with Gasteiger partial charge in [-0.05, 0) is 48.9 Å². The molecule has 2 bridgehead atoms. The van der Waals surface area contributed by atoms with Gasteiger partial charge in [-0.3, -0.25) is 4.90 Å². The molecule has 2 aromatic carbocycles. The fourth-order valence-corrected chi connectivity index (χ4v) is 4.64. The Morgan fingerprint density at radius 1 is 0.880 bits per heavy atom. The molecule has 0 aliphatic carbocycles. The van der Waals surface area contributed by atoms with E-state index in [1.165, 1.54) is 37.7 Å². The lowest BCUT2D eigenvalue weighted by atomic mass is 10.0. The van der Waals surface area contributed by atoms with E-state index in [4.69, 9.17) is 16.3 Å². The Bertz CT molecular complexity index is 656. The molecule has 2 fully saturated rings. The maximum atomic E-state index is 6.40. The van der Waals surface area contributed by atoms with E-state index in [1.54, 1.807) is 0 Å². The molecule has 2 aromatic rings. The average Bonchev–Trinajstić information content (AvgIpc) is 2.87. The molecular weight excluding hydrogens is 330 g/mol. The van der Waals surface area contributed by atoms with Gasteiger partial charge in [0.2, 0.25) is 0 Å². The number of benzene rings is 2. The van der Waals surface area contributed by atoms with E-state index < -0.39 is 0 Å². The predicted molar refractivity (Wildman–Crippen MR) is 103 cm³/mol. The van der Waals surface area contributed by atoms with Gasteiger partial charge < -0.3 is 4.74 Å². The molecule has 0 spiro atoms. The summed E-state index contributed by atoms with van der Waals surface area (Å²) in [6.45, 7) is 1.82. The summed E-state index contributed by atoms with van der Waals surface area (Å²) < 4.78 is 6.40. The number of nitrogens with zero attached hydrogens (tertiary/aromatic N) is 1. The molecule has 0 N–H and O–H groups in total. The minimum absolute atomic E-state index is 0.0269. The Labute approximate surface area is 155 Å². The largest absolute Gasteiger partial charge is 0.367 e. The highest BCUT2D eigenvalue weighted by atomic mass is 35.5. The lowest BCUT2D eigenvalue weighted by Gasteiger charge is -2.35. The lowest BCUT2D eigenvalue weighted by molar-refractivity contribution is 0.0378. The van der Waals surface area contributed by atoms with Crippen LogP contribution in [0, 0.1) is 0 Å². The van der Waals surface area contributed by atoms with Crippen LogP contribution in [0.15, 0.2) is 54.6 Å². The summed E-state index contributed by atoms with van der Waals surface area (Å²) in [5, 5.41) is 0.764. The van der Waals surface area contributed by atoms with Gasteiger partial charge in [0.1, 0.15) is 6.10 Å². The average molecular weight is 356 g/mol. The van der Waals surface area contributed by atoms with Crippen LogP contribution in [0.25, 0.3) is 0 Å². The maximum absolute atomic E-state index is 6.40. The van der Waals surface area contributed by atoms with Gasteiger partial charge in [0.05, 0.1) is 6.61 Å². The zero-order chi connectivity index (χ0) is 17.1. The van der Waals surface area contributed by atoms with Crippen LogP contribution < -0.4 is 0 Å². The van der Waals surface area contributed by atoms with Crippen LogP contribution >= 0.6 is 11.6 Å². The molecule has 2 heterocycles. The summed E-state index contributed by atoms with van der Waals surface area (Å²) in [7, 11) is 0. The minimum atomic E-state index is -0.0269. The molecular formula is C22H26ClNO. The van der Waals surface area contributed by atoms with E-state index in [0.717, 1.165) is 35.8 Å². The number of ether oxygens (including phenoxy) is 1. The first kappa shape index (κ1) is 17.1. The normalized spacial score (nSPS) is 24.4. The van der Waals surface area contributed by atoms with Crippen LogP contribution in [-0.2, 0) is 4.74 Å². The third kappa shape index (κ3) is 3.92. The number of fused-ring (bicyclic) bond motifs is 2. The molecule has 0 aromatic heterocycles. The van der Waals surface area contributed by atoms with E-state index in [9.17, 15) is 0 Å². The van der Waals surface area contributed by atoms with E-state index in [1.807, 2.05) is 18.2 Å². The van der Waals surface area contributed by atoms with Crippen molar-refractivity contribution < 1.29 is 4.74 Å². The summed E-state index contributed by atoms with van der Waals surface area (Å²) in [4.78, 5) is 2.70. The highest BCUT2D eigenvalue weighted by molar-refractivity contribution is 6.30. The maximum Gasteiger partial charge on any atom is 0.108 e. The van der Waals surface area contributed by atoms with Crippen LogP contribution in [0.2, 0.25) is 5.02 Å². The molecule has 0 saturated carbocycles. The molecule has 132 valence electrons. The molecule has 2 aliphatic heterocycles. The fourth-order valence-electron chi connectivity index (χ4n) is 4.52. The van der Waals surface area contributed by atoms with Gasteiger partial charge >= 0.3 is 0 Å². The van der Waals surface area contributed by atoms with Gasteiger partial charge in [-0.25, -0.2) is 0 Å². The summed E-state index contributed by atoms with van der Waals surface area (Å²) in [6, 6.07) is 20.1. The highest BCUT2D eigenvalue weighted by Gasteiger charge is 2.35. The van der Waals surface area contributed by atoms with Crippen molar-refractivity contribution in [2.24, 2.45) is 0 Å². The first-order chi connectivity index (χ1) is 12.3. The SMILES string of the molecule is Clc1ccc(C(OCCN2C3CCCC2CC3)c2ccccc2)cc1. The van der Waals surface area contributed by atoms with Gasteiger partial charge in [0.25, 0.3) is 0 Å². The van der Waals surface area contributed by atoms with Crippen molar-refractivity contribution in [3.8, 4) is 0 Å². The Morgan fingerprint density at radius 3 is 2.20 bits per heavy atom. The van der Waals surface area contributed by atoms with Crippen LogP contribution in [0.1, 0.15) is 49.3 Å². The number of hydrogen-bond acceptors (Lipinski definition) is 2. The zero-order valence-electron chi connectivity index (χ0n) is 14.6. The third-order valence-electron chi connectivity index (χ3n) is 5.75. The van der Waals surface area contributed by atoms with E-state index >= 15 is 0 Å². The van der Waals surface area contributed by atoms with Crippen molar-refractivity contribution >= 4 is 11.6 Å². The first-order valence-electron chi connectivity index (χ1n) is 9.49. The van der Waals surface area contributed by atoms with E-state index in [0.29, 0.717) is 0 Å². The first-order valence-corrected chi connectivity index (χ1v) is 9.87. The standard InChI is InChI=1S/C22H26ClNO/c23-19-11-9-18(10-12-19)22(17-5-2-1-3-6-17)25-16-15-24-20-7-4-8-21(24)14-13-20/h1-3,5-6,9-12,20-22H,4,7-8,13-16H2. The number of hydrogen-bond donors (Lipinski definition) is 0. The van der Waals surface area contributed by atoms with Crippen LogP contribution in [0.5, 0.6) is 0 Å². The van der Waals surface area contributed by atoms with Crippen molar-refractivity contribution in [3.63, 3.8) is 0 Å². The quantitative estimate of drug-likeness (QED) is 0.681. The molecule has 3 atom stereocenters. The van der Waals surface area contributed by atoms with Crippen molar-refractivity contribution in [2.45, 2.75) is 50.3 Å². The van der Waals surface area contributed by atoms with Crippen LogP contribution in [0.4, 0.5) is 0 Å². The Balaban J connectivity index is 1.44. The number of piperidine rings is 1. The Hall–Kier alpha value is -1.35. The highest BCUT2D eigenvalue weighted by Crippen LogP contribution is 2.35. The Kier molecular flexibility index (Phi) is 5.40. The molecule has 0 amide bonds. The van der Waals surface area contributed by atoms with Gasteiger partial charge in [0, 0.05) is 23.7 Å². The number of halogens is 1. The summed E-state index contributed by atoms with van der Waals surface area (Å²) in [5.41, 5.74) is 2.36. The monoisotopic (exact) mass is 355 g/mol. The van der Waals surface area contributed by atoms with Crippen molar-refractivity contribution in [2.75, 3.05) is 13.2 Å². The molecule has 4 rings (SSSR count). The van der Waals surface area contributed by atoms with Gasteiger partial charge in [-0.1, -0.05) is 60.5 Å². The second-order valence-electron chi connectivity index (χ2n) is 7.27. The van der Waals surface area contributed by atoms with Crippen LogP contribution in [0.3, 0.4) is 0 Å². The van der Waals surface area contributed by atoms with E-state index in [2.05, 4.69) is 41.3 Å². The smallest absolute Gasteiger partial charge is 0.108 e. The molecule has 0 radical (unpaired) electrons. The van der Waals surface area contributed by atoms with Crippen molar-refractivity contribution in [3.05, 3.63) is 70.7 Å². The van der Waals surface area contributed by atoms with E-state index in [-0.39, 0.29) is 6.10 Å². The second-order valence-corrected chi connectivity index (χ2v) is 7.70. The third-order valence-corrected chi connectivity index (χ3v) is 6.01. The Morgan fingerprint density at radius 2 is 1.52 bits per heavy atom. The molecule has 25 heavy (non-hydrogen) atoms. The van der Waals surface area contributed by atoms with Crippen molar-refractivity contribution in [1.29, 1.82) is 0 Å². The van der Waals surface area contributed by atoms with Gasteiger partial charge in [-0.2, -0.15) is 0 Å².